The Hall–Kier alpha value is -2.37. The van der Waals surface area contributed by atoms with Crippen LogP contribution < -0.4 is 0 Å². The van der Waals surface area contributed by atoms with Gasteiger partial charge in [0.1, 0.15) is 11.5 Å². The smallest absolute Gasteiger partial charge is 0.307 e. The molecule has 2 rings (SSSR count). The molecule has 0 atom stereocenters. The van der Waals surface area contributed by atoms with Gasteiger partial charge in [0, 0.05) is 24.5 Å². The van der Waals surface area contributed by atoms with E-state index in [1.54, 1.807) is 27.0 Å². The van der Waals surface area contributed by atoms with Crippen LogP contribution in [0.5, 0.6) is 0 Å². The Bertz CT molecular complexity index is 709. The molecule has 0 aliphatic carbocycles. The minimum Gasteiger partial charge on any atom is -0.466 e. The topological polar surface area (TPSA) is 62.4 Å². The van der Waals surface area contributed by atoms with Crippen molar-refractivity contribution in [3.63, 3.8) is 0 Å². The molecule has 2 aromatic rings. The van der Waals surface area contributed by atoms with E-state index in [1.165, 1.54) is 17.0 Å². The number of amides is 1. The summed E-state index contributed by atoms with van der Waals surface area (Å²) in [6, 6.07) is 4.49. The van der Waals surface area contributed by atoms with Gasteiger partial charge < -0.3 is 14.6 Å². The molecule has 1 aromatic carbocycles. The molecule has 5 nitrogen and oxygen atoms in total. The van der Waals surface area contributed by atoms with Crippen LogP contribution in [0.4, 0.5) is 4.39 Å². The Balaban J connectivity index is 2.12. The number of benzene rings is 1. The standard InChI is InChI=1S/C16H19FN2O3/c1-4-22-15(20)5-6-19(3)16(21)14-9-12-10(2)7-11(17)8-13(12)18-14/h7-9,18H,4-6H2,1-3H3. The minimum atomic E-state index is -0.346. The van der Waals surface area contributed by atoms with Gasteiger partial charge in [-0.15, -0.1) is 0 Å². The summed E-state index contributed by atoms with van der Waals surface area (Å²) in [6.07, 6.45) is 0.143. The first-order valence-electron chi connectivity index (χ1n) is 7.12. The first kappa shape index (κ1) is 16.0. The van der Waals surface area contributed by atoms with Crippen LogP contribution >= 0.6 is 0 Å². The molecule has 0 aliphatic heterocycles. The van der Waals surface area contributed by atoms with Gasteiger partial charge in [0.15, 0.2) is 0 Å². The Kier molecular flexibility index (Phi) is 4.80. The van der Waals surface area contributed by atoms with Gasteiger partial charge in [-0.3, -0.25) is 9.59 Å². The monoisotopic (exact) mass is 306 g/mol. The van der Waals surface area contributed by atoms with E-state index in [4.69, 9.17) is 4.74 Å². The highest BCUT2D eigenvalue weighted by Gasteiger charge is 2.16. The van der Waals surface area contributed by atoms with Crippen molar-refractivity contribution in [3.05, 3.63) is 35.3 Å². The normalized spacial score (nSPS) is 10.7. The molecular formula is C16H19FN2O3. The lowest BCUT2D eigenvalue weighted by Crippen LogP contribution is -2.29. The Labute approximate surface area is 128 Å². The fourth-order valence-corrected chi connectivity index (χ4v) is 2.29. The molecule has 0 unspecified atom stereocenters. The zero-order valence-electron chi connectivity index (χ0n) is 12.9. The van der Waals surface area contributed by atoms with Gasteiger partial charge in [-0.25, -0.2) is 4.39 Å². The molecule has 1 amide bonds. The highest BCUT2D eigenvalue weighted by atomic mass is 19.1. The Morgan fingerprint density at radius 3 is 2.73 bits per heavy atom. The number of nitrogens with zero attached hydrogens (tertiary/aromatic N) is 1. The summed E-state index contributed by atoms with van der Waals surface area (Å²) >= 11 is 0. The first-order chi connectivity index (χ1) is 10.4. The molecule has 22 heavy (non-hydrogen) atoms. The Morgan fingerprint density at radius 2 is 2.05 bits per heavy atom. The minimum absolute atomic E-state index is 0.143. The first-order valence-corrected chi connectivity index (χ1v) is 7.12. The predicted molar refractivity (Wildman–Crippen MR) is 81.2 cm³/mol. The van der Waals surface area contributed by atoms with Crippen molar-refractivity contribution in [1.82, 2.24) is 9.88 Å². The van der Waals surface area contributed by atoms with E-state index in [0.29, 0.717) is 17.8 Å². The second-order valence-corrected chi connectivity index (χ2v) is 5.15. The maximum Gasteiger partial charge on any atom is 0.307 e. The summed E-state index contributed by atoms with van der Waals surface area (Å²) in [6.45, 7) is 4.11. The Morgan fingerprint density at radius 1 is 1.32 bits per heavy atom. The number of aromatic amines is 1. The summed E-state index contributed by atoms with van der Waals surface area (Å²) in [7, 11) is 1.61. The van der Waals surface area contributed by atoms with Gasteiger partial charge in [-0.1, -0.05) is 0 Å². The van der Waals surface area contributed by atoms with E-state index in [1.807, 2.05) is 0 Å². The third-order valence-corrected chi connectivity index (χ3v) is 3.44. The molecule has 1 heterocycles. The van der Waals surface area contributed by atoms with E-state index < -0.39 is 0 Å². The van der Waals surface area contributed by atoms with Gasteiger partial charge in [-0.05, 0) is 37.6 Å². The van der Waals surface area contributed by atoms with Crippen LogP contribution in [0.25, 0.3) is 10.9 Å². The van der Waals surface area contributed by atoms with E-state index >= 15 is 0 Å². The SMILES string of the molecule is CCOC(=O)CCN(C)C(=O)c1cc2c(C)cc(F)cc2[nH]1. The number of hydrogen-bond acceptors (Lipinski definition) is 3. The number of hydrogen-bond donors (Lipinski definition) is 1. The van der Waals surface area contributed by atoms with Crippen LogP contribution in [0.3, 0.4) is 0 Å². The number of halogens is 1. The molecule has 118 valence electrons. The lowest BCUT2D eigenvalue weighted by atomic mass is 10.1. The fourth-order valence-electron chi connectivity index (χ4n) is 2.29. The average molecular weight is 306 g/mol. The lowest BCUT2D eigenvalue weighted by molar-refractivity contribution is -0.143. The van der Waals surface area contributed by atoms with Gasteiger partial charge in [-0.2, -0.15) is 0 Å². The second kappa shape index (κ2) is 6.60. The highest BCUT2D eigenvalue weighted by Crippen LogP contribution is 2.21. The van der Waals surface area contributed by atoms with Crippen LogP contribution in [-0.2, 0) is 9.53 Å². The summed E-state index contributed by atoms with van der Waals surface area (Å²) in [4.78, 5) is 28.0. The van der Waals surface area contributed by atoms with Crippen LogP contribution in [0.15, 0.2) is 18.2 Å². The van der Waals surface area contributed by atoms with Crippen LogP contribution in [-0.4, -0.2) is 42.0 Å². The zero-order valence-corrected chi connectivity index (χ0v) is 12.9. The number of carbonyl (C=O) groups excluding carboxylic acids is 2. The third-order valence-electron chi connectivity index (χ3n) is 3.44. The van der Waals surface area contributed by atoms with Crippen molar-refractivity contribution in [1.29, 1.82) is 0 Å². The van der Waals surface area contributed by atoms with Gasteiger partial charge in [0.05, 0.1) is 13.0 Å². The zero-order chi connectivity index (χ0) is 16.3. The quantitative estimate of drug-likeness (QED) is 0.864. The van der Waals surface area contributed by atoms with Gasteiger partial charge in [0.25, 0.3) is 5.91 Å². The molecule has 1 N–H and O–H groups in total. The number of rotatable bonds is 5. The molecular weight excluding hydrogens is 287 g/mol. The number of aromatic nitrogens is 1. The lowest BCUT2D eigenvalue weighted by Gasteiger charge is -2.15. The molecule has 0 aliphatic rings. The number of ether oxygens (including phenoxy) is 1. The van der Waals surface area contributed by atoms with Crippen LogP contribution in [0.2, 0.25) is 0 Å². The summed E-state index contributed by atoms with van der Waals surface area (Å²) < 4.78 is 18.2. The van der Waals surface area contributed by atoms with Gasteiger partial charge in [0.2, 0.25) is 0 Å². The van der Waals surface area contributed by atoms with Crippen LogP contribution in [0, 0.1) is 12.7 Å². The maximum atomic E-state index is 13.4. The van der Waals surface area contributed by atoms with E-state index in [-0.39, 0.29) is 30.7 Å². The molecule has 0 fully saturated rings. The largest absolute Gasteiger partial charge is 0.466 e. The number of carbonyl (C=O) groups is 2. The van der Waals surface area contributed by atoms with Crippen molar-refractivity contribution in [2.45, 2.75) is 20.3 Å². The molecule has 1 aromatic heterocycles. The van der Waals surface area contributed by atoms with Gasteiger partial charge >= 0.3 is 5.97 Å². The molecule has 6 heteroatoms. The third kappa shape index (κ3) is 3.44. The molecule has 0 spiro atoms. The van der Waals surface area contributed by atoms with Crippen molar-refractivity contribution in [2.75, 3.05) is 20.2 Å². The van der Waals surface area contributed by atoms with E-state index in [9.17, 15) is 14.0 Å². The second-order valence-electron chi connectivity index (χ2n) is 5.15. The molecule has 0 saturated carbocycles. The molecule has 0 radical (unpaired) electrons. The molecule has 0 bridgehead atoms. The fraction of sp³-hybridized carbons (Fsp3) is 0.375. The summed E-state index contributed by atoms with van der Waals surface area (Å²) in [5.41, 5.74) is 1.72. The number of esters is 1. The number of fused-ring (bicyclic) bond motifs is 1. The van der Waals surface area contributed by atoms with Crippen molar-refractivity contribution < 1.29 is 18.7 Å². The van der Waals surface area contributed by atoms with Crippen molar-refractivity contribution in [2.24, 2.45) is 0 Å². The predicted octanol–water partition coefficient (Wildman–Crippen LogP) is 2.64. The van der Waals surface area contributed by atoms with Crippen LogP contribution in [0.1, 0.15) is 29.4 Å². The summed E-state index contributed by atoms with van der Waals surface area (Å²) in [5, 5.41) is 0.809. The number of H-pyrrole nitrogens is 1. The average Bonchev–Trinajstić information content (AvgIpc) is 2.88. The maximum absolute atomic E-state index is 13.4. The van der Waals surface area contributed by atoms with E-state index in [0.717, 1.165) is 10.9 Å². The highest BCUT2D eigenvalue weighted by molar-refractivity contribution is 5.98. The van der Waals surface area contributed by atoms with E-state index in [2.05, 4.69) is 4.98 Å². The van der Waals surface area contributed by atoms with Crippen molar-refractivity contribution >= 4 is 22.8 Å². The number of aryl methyl sites for hydroxylation is 1. The van der Waals surface area contributed by atoms with Crippen molar-refractivity contribution in [3.8, 4) is 0 Å². The summed E-state index contributed by atoms with van der Waals surface area (Å²) in [5.74, 6) is -0.932. The molecule has 0 saturated heterocycles. The number of nitrogens with one attached hydrogen (secondary N) is 1.